The van der Waals surface area contributed by atoms with Crippen LogP contribution in [0.1, 0.15) is 24.3 Å². The monoisotopic (exact) mass is 375 g/mol. The molecule has 2 heterocycles. The summed E-state index contributed by atoms with van der Waals surface area (Å²) in [6.45, 7) is 1.80. The maximum absolute atomic E-state index is 13.2. The summed E-state index contributed by atoms with van der Waals surface area (Å²) in [6, 6.07) is 20.0. The Kier molecular flexibility index (Phi) is 4.95. The summed E-state index contributed by atoms with van der Waals surface area (Å²) in [5.74, 6) is 0.349. The number of anilines is 2. The van der Waals surface area contributed by atoms with E-state index >= 15 is 0 Å². The number of hydrogen-bond donors (Lipinski definition) is 2. The summed E-state index contributed by atoms with van der Waals surface area (Å²) in [5, 5.41) is 6.17. The number of nitrogens with one attached hydrogen (secondary N) is 2. The topological polar surface area (TPSA) is 74.6 Å². The van der Waals surface area contributed by atoms with Crippen molar-refractivity contribution in [3.63, 3.8) is 0 Å². The molecule has 3 aromatic rings. The van der Waals surface area contributed by atoms with Crippen molar-refractivity contribution in [3.8, 4) is 0 Å². The molecule has 0 bridgehead atoms. The van der Waals surface area contributed by atoms with Crippen molar-refractivity contribution in [2.45, 2.75) is 19.0 Å². The van der Waals surface area contributed by atoms with Gasteiger partial charge in [-0.15, -0.1) is 0 Å². The lowest BCUT2D eigenvalue weighted by Crippen LogP contribution is -2.50. The molecule has 0 aliphatic carbocycles. The third-order valence-corrected chi connectivity index (χ3v) is 4.78. The summed E-state index contributed by atoms with van der Waals surface area (Å²) < 4.78 is 5.60. The molecule has 2 aromatic carbocycles. The van der Waals surface area contributed by atoms with Gasteiger partial charge in [-0.3, -0.25) is 19.8 Å². The molecule has 142 valence electrons. The van der Waals surface area contributed by atoms with Crippen molar-refractivity contribution in [2.24, 2.45) is 0 Å². The first-order valence-electron chi connectivity index (χ1n) is 9.18. The van der Waals surface area contributed by atoms with Crippen LogP contribution in [0.25, 0.3) is 0 Å². The molecule has 4 rings (SSSR count). The van der Waals surface area contributed by atoms with Crippen molar-refractivity contribution >= 4 is 23.2 Å². The molecule has 2 N–H and O–H groups in total. The lowest BCUT2D eigenvalue weighted by molar-refractivity contribution is -0.123. The van der Waals surface area contributed by atoms with Crippen LogP contribution < -0.4 is 15.5 Å². The maximum atomic E-state index is 13.2. The third kappa shape index (κ3) is 3.54. The zero-order chi connectivity index (χ0) is 19.5. The lowest BCUT2D eigenvalue weighted by atomic mass is 10.0. The molecule has 6 nitrogen and oxygen atoms in total. The molecule has 0 fully saturated rings. The molecule has 0 saturated heterocycles. The van der Waals surface area contributed by atoms with E-state index in [4.69, 9.17) is 4.42 Å². The van der Waals surface area contributed by atoms with Gasteiger partial charge in [-0.25, -0.2) is 0 Å². The molecule has 0 radical (unpaired) electrons. The fourth-order valence-corrected chi connectivity index (χ4v) is 3.43. The maximum Gasteiger partial charge on any atom is 0.244 e. The minimum Gasteiger partial charge on any atom is -0.467 e. The molecule has 2 atom stereocenters. The highest BCUT2D eigenvalue weighted by Crippen LogP contribution is 2.30. The average molecular weight is 375 g/mol. The van der Waals surface area contributed by atoms with E-state index in [1.165, 1.54) is 4.90 Å². The molecule has 0 unspecified atom stereocenters. The van der Waals surface area contributed by atoms with Gasteiger partial charge in [0.25, 0.3) is 0 Å². The molecule has 1 aliphatic rings. The van der Waals surface area contributed by atoms with Crippen LogP contribution in [0.15, 0.2) is 77.4 Å². The molecule has 6 heteroatoms. The first-order chi connectivity index (χ1) is 13.6. The number of hydrogen-bond acceptors (Lipinski definition) is 4. The predicted octanol–water partition coefficient (Wildman–Crippen LogP) is 3.33. The Labute approximate surface area is 163 Å². The van der Waals surface area contributed by atoms with Gasteiger partial charge in [0, 0.05) is 0 Å². The molecule has 1 aromatic heterocycles. The van der Waals surface area contributed by atoms with Crippen LogP contribution in [-0.2, 0) is 9.59 Å². The second-order valence-electron chi connectivity index (χ2n) is 6.74. The van der Waals surface area contributed by atoms with E-state index in [1.807, 2.05) is 60.7 Å². The lowest BCUT2D eigenvalue weighted by Gasteiger charge is -2.32. The molecular weight excluding hydrogens is 354 g/mol. The summed E-state index contributed by atoms with van der Waals surface area (Å²) in [4.78, 5) is 26.8. The highest BCUT2D eigenvalue weighted by Gasteiger charge is 2.31. The van der Waals surface area contributed by atoms with Crippen LogP contribution in [-0.4, -0.2) is 24.4 Å². The number of nitrogens with zero attached hydrogens (tertiary/aromatic N) is 1. The van der Waals surface area contributed by atoms with Crippen LogP contribution in [0.4, 0.5) is 11.4 Å². The van der Waals surface area contributed by atoms with E-state index in [0.29, 0.717) is 11.4 Å². The van der Waals surface area contributed by atoms with Crippen molar-refractivity contribution in [1.82, 2.24) is 5.32 Å². The average Bonchev–Trinajstić information content (AvgIpc) is 3.25. The summed E-state index contributed by atoms with van der Waals surface area (Å²) >= 11 is 0. The highest BCUT2D eigenvalue weighted by atomic mass is 16.3. The fourth-order valence-electron chi connectivity index (χ4n) is 3.43. The molecular formula is C22H21N3O3. The summed E-state index contributed by atoms with van der Waals surface area (Å²) in [5.41, 5.74) is 2.34. The summed E-state index contributed by atoms with van der Waals surface area (Å²) in [6.07, 6.45) is 1.62. The zero-order valence-corrected chi connectivity index (χ0v) is 15.5. The van der Waals surface area contributed by atoms with Gasteiger partial charge in [0.1, 0.15) is 12.3 Å². The Bertz CT molecular complexity index is 970. The second-order valence-corrected chi connectivity index (χ2v) is 6.74. The Morgan fingerprint density at radius 1 is 1.07 bits per heavy atom. The van der Waals surface area contributed by atoms with Crippen LogP contribution in [0.3, 0.4) is 0 Å². The number of para-hydroxylation sites is 2. The molecule has 0 spiro atoms. The fraction of sp³-hybridized carbons (Fsp3) is 0.182. The standard InChI is InChI=1S/C22H21N3O3/c1-15(22(27)25-14-20(26)24-17-10-5-6-11-18(17)25)23-21(19-12-7-13-28-19)16-8-3-2-4-9-16/h2-13,15,21,23H,14H2,1H3,(H,24,26)/t15-,21+/m1/s1. The van der Waals surface area contributed by atoms with E-state index in [0.717, 1.165) is 11.3 Å². The Morgan fingerprint density at radius 2 is 1.82 bits per heavy atom. The van der Waals surface area contributed by atoms with Gasteiger partial charge in [0.15, 0.2) is 0 Å². The Balaban J connectivity index is 1.59. The first-order valence-corrected chi connectivity index (χ1v) is 9.18. The van der Waals surface area contributed by atoms with E-state index in [1.54, 1.807) is 19.3 Å². The van der Waals surface area contributed by atoms with Gasteiger partial charge in [0.2, 0.25) is 11.8 Å². The van der Waals surface area contributed by atoms with E-state index < -0.39 is 6.04 Å². The Morgan fingerprint density at radius 3 is 2.57 bits per heavy atom. The number of benzene rings is 2. The van der Waals surface area contributed by atoms with Crippen molar-refractivity contribution in [1.29, 1.82) is 0 Å². The van der Waals surface area contributed by atoms with Crippen molar-refractivity contribution < 1.29 is 14.0 Å². The largest absolute Gasteiger partial charge is 0.467 e. The molecule has 0 saturated carbocycles. The van der Waals surface area contributed by atoms with Gasteiger partial charge >= 0.3 is 0 Å². The van der Waals surface area contributed by atoms with Crippen LogP contribution >= 0.6 is 0 Å². The normalized spacial score (nSPS) is 15.5. The van der Waals surface area contributed by atoms with E-state index in [9.17, 15) is 9.59 Å². The SMILES string of the molecule is C[C@@H](N[C@@H](c1ccccc1)c1ccco1)C(=O)N1CC(=O)Nc2ccccc21. The quantitative estimate of drug-likeness (QED) is 0.717. The number of amides is 2. The van der Waals surface area contributed by atoms with Gasteiger partial charge < -0.3 is 9.73 Å². The van der Waals surface area contributed by atoms with Crippen molar-refractivity contribution in [2.75, 3.05) is 16.8 Å². The first kappa shape index (κ1) is 18.0. The van der Waals surface area contributed by atoms with E-state index in [2.05, 4.69) is 10.6 Å². The van der Waals surface area contributed by atoms with Crippen LogP contribution in [0.2, 0.25) is 0 Å². The number of fused-ring (bicyclic) bond motifs is 1. The van der Waals surface area contributed by atoms with Gasteiger partial charge in [-0.05, 0) is 36.8 Å². The van der Waals surface area contributed by atoms with Crippen molar-refractivity contribution in [3.05, 3.63) is 84.3 Å². The highest BCUT2D eigenvalue weighted by molar-refractivity contribution is 6.11. The Hall–Kier alpha value is -3.38. The molecule has 28 heavy (non-hydrogen) atoms. The number of carbonyl (C=O) groups excluding carboxylic acids is 2. The third-order valence-electron chi connectivity index (χ3n) is 4.78. The molecule has 2 amide bonds. The number of carbonyl (C=O) groups is 2. The van der Waals surface area contributed by atoms with E-state index in [-0.39, 0.29) is 24.4 Å². The van der Waals surface area contributed by atoms with Gasteiger partial charge in [0.05, 0.1) is 29.7 Å². The van der Waals surface area contributed by atoms with Crippen LogP contribution in [0, 0.1) is 0 Å². The van der Waals surface area contributed by atoms with Gasteiger partial charge in [-0.2, -0.15) is 0 Å². The predicted molar refractivity (Wildman–Crippen MR) is 107 cm³/mol. The summed E-state index contributed by atoms with van der Waals surface area (Å²) in [7, 11) is 0. The van der Waals surface area contributed by atoms with Crippen LogP contribution in [0.5, 0.6) is 0 Å². The molecule has 1 aliphatic heterocycles. The minimum atomic E-state index is -0.533. The second kappa shape index (κ2) is 7.70. The van der Waals surface area contributed by atoms with Gasteiger partial charge in [-0.1, -0.05) is 42.5 Å². The number of rotatable bonds is 5. The number of furan rings is 1. The zero-order valence-electron chi connectivity index (χ0n) is 15.5. The minimum absolute atomic E-state index is 0.00137. The smallest absolute Gasteiger partial charge is 0.244 e.